The number of ether oxygens (including phenoxy) is 1. The zero-order valence-corrected chi connectivity index (χ0v) is 7.82. The molecular formula is C8H16FNO2. The van der Waals surface area contributed by atoms with Crippen molar-refractivity contribution in [2.45, 2.75) is 32.9 Å². The lowest BCUT2D eigenvalue weighted by atomic mass is 10.1. The highest BCUT2D eigenvalue weighted by Gasteiger charge is 2.22. The largest absolute Gasteiger partial charge is 0.446 e. The second-order valence-electron chi connectivity index (χ2n) is 2.87. The molecule has 0 fully saturated rings. The van der Waals surface area contributed by atoms with Gasteiger partial charge in [0.05, 0.1) is 0 Å². The van der Waals surface area contributed by atoms with Crippen LogP contribution in [0.1, 0.15) is 27.2 Å². The topological polar surface area (TPSA) is 38.3 Å². The predicted molar refractivity (Wildman–Crippen MR) is 44.8 cm³/mol. The molecule has 4 heteroatoms. The molecule has 12 heavy (non-hydrogen) atoms. The van der Waals surface area contributed by atoms with Gasteiger partial charge in [0.15, 0.2) is 0 Å². The molecule has 0 saturated carbocycles. The predicted octanol–water partition coefficient (Wildman–Crippen LogP) is 1.87. The van der Waals surface area contributed by atoms with E-state index in [9.17, 15) is 9.18 Å². The first-order valence-corrected chi connectivity index (χ1v) is 4.11. The Morgan fingerprint density at radius 2 is 2.17 bits per heavy atom. The summed E-state index contributed by atoms with van der Waals surface area (Å²) in [4.78, 5) is 10.7. The van der Waals surface area contributed by atoms with Crippen LogP contribution in [0.2, 0.25) is 0 Å². The molecular weight excluding hydrogens is 161 g/mol. The normalized spacial score (nSPS) is 15.0. The molecule has 0 aliphatic carbocycles. The minimum atomic E-state index is -1.41. The average Bonchev–Trinajstić information content (AvgIpc) is 2.02. The Morgan fingerprint density at radius 3 is 2.58 bits per heavy atom. The smallest absolute Gasteiger partial charge is 0.407 e. The fraction of sp³-hybridized carbons (Fsp3) is 0.875. The molecule has 1 amide bonds. The Bertz CT molecular complexity index is 148. The number of amides is 1. The van der Waals surface area contributed by atoms with Crippen LogP contribution in [-0.2, 0) is 4.74 Å². The molecule has 3 nitrogen and oxygen atoms in total. The Balaban J connectivity index is 3.60. The van der Waals surface area contributed by atoms with Crippen molar-refractivity contribution in [2.24, 2.45) is 0 Å². The molecule has 72 valence electrons. The molecule has 0 rings (SSSR count). The summed E-state index contributed by atoms with van der Waals surface area (Å²) in [5, 5.41) is 2.41. The molecule has 0 aromatic carbocycles. The van der Waals surface area contributed by atoms with Crippen molar-refractivity contribution >= 4 is 6.09 Å². The van der Waals surface area contributed by atoms with Crippen molar-refractivity contribution in [3.05, 3.63) is 0 Å². The van der Waals surface area contributed by atoms with Crippen molar-refractivity contribution in [3.8, 4) is 0 Å². The van der Waals surface area contributed by atoms with E-state index in [2.05, 4.69) is 10.1 Å². The van der Waals surface area contributed by atoms with Gasteiger partial charge < -0.3 is 10.1 Å². The number of hydrogen-bond acceptors (Lipinski definition) is 2. The van der Waals surface area contributed by atoms with E-state index in [1.165, 1.54) is 6.92 Å². The van der Waals surface area contributed by atoms with Crippen LogP contribution in [0.3, 0.4) is 0 Å². The minimum Gasteiger partial charge on any atom is -0.446 e. The number of halogens is 1. The van der Waals surface area contributed by atoms with E-state index in [0.717, 1.165) is 0 Å². The molecule has 1 atom stereocenters. The maximum atomic E-state index is 13.1. The zero-order chi connectivity index (χ0) is 9.61. The van der Waals surface area contributed by atoms with Crippen LogP contribution in [0.25, 0.3) is 0 Å². The summed E-state index contributed by atoms with van der Waals surface area (Å²) in [6.07, 6.45) is -0.221. The van der Waals surface area contributed by atoms with Crippen molar-refractivity contribution < 1.29 is 13.9 Å². The van der Waals surface area contributed by atoms with Crippen molar-refractivity contribution in [1.82, 2.24) is 5.32 Å². The first-order valence-electron chi connectivity index (χ1n) is 4.11. The third-order valence-electron chi connectivity index (χ3n) is 1.56. The lowest BCUT2D eigenvalue weighted by Crippen LogP contribution is -2.31. The van der Waals surface area contributed by atoms with Gasteiger partial charge in [0, 0.05) is 6.54 Å². The highest BCUT2D eigenvalue weighted by Crippen LogP contribution is 2.14. The Kier molecular flexibility index (Phi) is 4.62. The zero-order valence-electron chi connectivity index (χ0n) is 7.82. The standard InChI is InChI=1S/C8H16FNO2/c1-4-8(3,9)6-12-7(11)10-5-2/h4-6H2,1-3H3,(H,10,11). The van der Waals surface area contributed by atoms with Gasteiger partial charge in [-0.1, -0.05) is 6.92 Å². The van der Waals surface area contributed by atoms with Crippen LogP contribution >= 0.6 is 0 Å². The van der Waals surface area contributed by atoms with Crippen LogP contribution in [0.5, 0.6) is 0 Å². The number of rotatable bonds is 4. The van der Waals surface area contributed by atoms with Crippen LogP contribution in [-0.4, -0.2) is 24.9 Å². The number of alkyl halides is 1. The molecule has 0 radical (unpaired) electrons. The maximum Gasteiger partial charge on any atom is 0.407 e. The number of carbonyl (C=O) groups excluding carboxylic acids is 1. The third-order valence-corrected chi connectivity index (χ3v) is 1.56. The van der Waals surface area contributed by atoms with E-state index >= 15 is 0 Å². The third kappa shape index (κ3) is 4.93. The molecule has 0 aliphatic heterocycles. The Hall–Kier alpha value is -0.800. The quantitative estimate of drug-likeness (QED) is 0.711. The number of carbonyl (C=O) groups is 1. The Morgan fingerprint density at radius 1 is 1.58 bits per heavy atom. The molecule has 0 bridgehead atoms. The molecule has 1 unspecified atom stereocenters. The lowest BCUT2D eigenvalue weighted by molar-refractivity contribution is 0.0582. The maximum absolute atomic E-state index is 13.1. The average molecular weight is 177 g/mol. The highest BCUT2D eigenvalue weighted by molar-refractivity contribution is 5.67. The summed E-state index contributed by atoms with van der Waals surface area (Å²) < 4.78 is 17.7. The van der Waals surface area contributed by atoms with E-state index in [1.54, 1.807) is 13.8 Å². The van der Waals surface area contributed by atoms with Crippen molar-refractivity contribution in [3.63, 3.8) is 0 Å². The van der Waals surface area contributed by atoms with Crippen LogP contribution < -0.4 is 5.32 Å². The van der Waals surface area contributed by atoms with Crippen molar-refractivity contribution in [1.29, 1.82) is 0 Å². The molecule has 0 saturated heterocycles. The summed E-state index contributed by atoms with van der Waals surface area (Å²) in [6, 6.07) is 0. The fourth-order valence-electron chi connectivity index (χ4n) is 0.513. The van der Waals surface area contributed by atoms with Crippen LogP contribution in [0, 0.1) is 0 Å². The Labute approximate surface area is 72.3 Å². The molecule has 0 aromatic rings. The minimum absolute atomic E-state index is 0.185. The molecule has 0 spiro atoms. The van der Waals surface area contributed by atoms with Gasteiger partial charge in [0.2, 0.25) is 0 Å². The van der Waals surface area contributed by atoms with Gasteiger partial charge in [-0.25, -0.2) is 9.18 Å². The van der Waals surface area contributed by atoms with Gasteiger partial charge in [-0.05, 0) is 20.3 Å². The molecule has 0 aromatic heterocycles. The van der Waals surface area contributed by atoms with E-state index < -0.39 is 11.8 Å². The summed E-state index contributed by atoms with van der Waals surface area (Å²) in [5.74, 6) is 0. The first-order chi connectivity index (χ1) is 5.52. The van der Waals surface area contributed by atoms with Gasteiger partial charge in [0.1, 0.15) is 12.3 Å². The first kappa shape index (κ1) is 11.2. The van der Waals surface area contributed by atoms with Crippen LogP contribution in [0.15, 0.2) is 0 Å². The molecule has 1 N–H and O–H groups in total. The second-order valence-corrected chi connectivity index (χ2v) is 2.87. The van der Waals surface area contributed by atoms with Gasteiger partial charge in [-0.15, -0.1) is 0 Å². The number of nitrogens with one attached hydrogen (secondary N) is 1. The lowest BCUT2D eigenvalue weighted by Gasteiger charge is -2.17. The number of hydrogen-bond donors (Lipinski definition) is 1. The van der Waals surface area contributed by atoms with E-state index in [1.807, 2.05) is 0 Å². The molecule has 0 aliphatic rings. The monoisotopic (exact) mass is 177 g/mol. The van der Waals surface area contributed by atoms with E-state index in [0.29, 0.717) is 13.0 Å². The van der Waals surface area contributed by atoms with Gasteiger partial charge in [-0.3, -0.25) is 0 Å². The van der Waals surface area contributed by atoms with E-state index in [-0.39, 0.29) is 6.61 Å². The summed E-state index contributed by atoms with van der Waals surface area (Å²) in [5.41, 5.74) is -1.41. The van der Waals surface area contributed by atoms with Gasteiger partial charge in [-0.2, -0.15) is 0 Å². The summed E-state index contributed by atoms with van der Waals surface area (Å²) in [7, 11) is 0. The molecule has 0 heterocycles. The van der Waals surface area contributed by atoms with Gasteiger partial charge >= 0.3 is 6.09 Å². The number of alkyl carbamates (subject to hydrolysis) is 1. The summed E-state index contributed by atoms with van der Waals surface area (Å²) >= 11 is 0. The summed E-state index contributed by atoms with van der Waals surface area (Å²) in [6.45, 7) is 5.20. The highest BCUT2D eigenvalue weighted by atomic mass is 19.1. The van der Waals surface area contributed by atoms with Crippen molar-refractivity contribution in [2.75, 3.05) is 13.2 Å². The van der Waals surface area contributed by atoms with Gasteiger partial charge in [0.25, 0.3) is 0 Å². The van der Waals surface area contributed by atoms with E-state index in [4.69, 9.17) is 0 Å². The van der Waals surface area contributed by atoms with Crippen LogP contribution in [0.4, 0.5) is 9.18 Å². The fourth-order valence-corrected chi connectivity index (χ4v) is 0.513. The second kappa shape index (κ2) is 4.95. The SMILES string of the molecule is CCNC(=O)OCC(C)(F)CC.